The lowest BCUT2D eigenvalue weighted by Gasteiger charge is -2.25. The summed E-state index contributed by atoms with van der Waals surface area (Å²) in [7, 11) is 0. The smallest absolute Gasteiger partial charge is 0.231 e. The molecule has 6 nitrogen and oxygen atoms in total. The SMILES string of the molecule is c1cc(CNCC2CNc3ccnn3C2)c2c(c1)OCO2. The fourth-order valence-electron chi connectivity index (χ4n) is 2.86. The van der Waals surface area contributed by atoms with Crippen molar-refractivity contribution in [2.24, 2.45) is 5.92 Å². The predicted molar refractivity (Wildman–Crippen MR) is 78.5 cm³/mol. The highest BCUT2D eigenvalue weighted by molar-refractivity contribution is 5.48. The molecular weight excluding hydrogens is 268 g/mol. The Morgan fingerprint density at radius 3 is 3.33 bits per heavy atom. The van der Waals surface area contributed by atoms with E-state index in [-0.39, 0.29) is 0 Å². The third kappa shape index (κ3) is 2.42. The molecule has 2 aliphatic rings. The van der Waals surface area contributed by atoms with Crippen molar-refractivity contribution in [3.8, 4) is 11.5 Å². The number of aromatic nitrogens is 2. The van der Waals surface area contributed by atoms with Gasteiger partial charge >= 0.3 is 0 Å². The van der Waals surface area contributed by atoms with Crippen LogP contribution in [-0.4, -0.2) is 29.7 Å². The van der Waals surface area contributed by atoms with Crippen molar-refractivity contribution >= 4 is 5.82 Å². The topological polar surface area (TPSA) is 60.3 Å². The van der Waals surface area contributed by atoms with Gasteiger partial charge in [-0.15, -0.1) is 0 Å². The molecule has 0 spiro atoms. The summed E-state index contributed by atoms with van der Waals surface area (Å²) in [5.74, 6) is 3.36. The molecule has 21 heavy (non-hydrogen) atoms. The fourth-order valence-corrected chi connectivity index (χ4v) is 2.86. The van der Waals surface area contributed by atoms with Crippen LogP contribution < -0.4 is 20.1 Å². The normalized spacial score (nSPS) is 19.1. The number of fused-ring (bicyclic) bond motifs is 2. The van der Waals surface area contributed by atoms with E-state index in [9.17, 15) is 0 Å². The van der Waals surface area contributed by atoms with Gasteiger partial charge in [-0.2, -0.15) is 5.10 Å². The number of nitrogens with one attached hydrogen (secondary N) is 2. The molecule has 0 saturated carbocycles. The molecule has 6 heteroatoms. The third-order valence-electron chi connectivity index (χ3n) is 3.95. The number of para-hydroxylation sites is 1. The zero-order valence-corrected chi connectivity index (χ0v) is 11.7. The molecule has 1 unspecified atom stereocenters. The highest BCUT2D eigenvalue weighted by atomic mass is 16.7. The van der Waals surface area contributed by atoms with Crippen LogP contribution in [0.2, 0.25) is 0 Å². The minimum absolute atomic E-state index is 0.320. The number of ether oxygens (including phenoxy) is 2. The van der Waals surface area contributed by atoms with E-state index in [1.165, 1.54) is 0 Å². The molecule has 0 aliphatic carbocycles. The molecule has 0 fully saturated rings. The first-order valence-electron chi connectivity index (χ1n) is 7.24. The van der Waals surface area contributed by atoms with Crippen LogP contribution in [0.3, 0.4) is 0 Å². The van der Waals surface area contributed by atoms with Gasteiger partial charge in [0.15, 0.2) is 11.5 Å². The van der Waals surface area contributed by atoms with Gasteiger partial charge in [0.25, 0.3) is 0 Å². The summed E-state index contributed by atoms with van der Waals surface area (Å²) >= 11 is 0. The first-order valence-corrected chi connectivity index (χ1v) is 7.24. The third-order valence-corrected chi connectivity index (χ3v) is 3.95. The Labute approximate surface area is 123 Å². The van der Waals surface area contributed by atoms with E-state index in [4.69, 9.17) is 9.47 Å². The average molecular weight is 286 g/mol. The molecule has 1 atom stereocenters. The van der Waals surface area contributed by atoms with Crippen molar-refractivity contribution < 1.29 is 9.47 Å². The largest absolute Gasteiger partial charge is 0.454 e. The lowest BCUT2D eigenvalue weighted by Crippen LogP contribution is -2.35. The summed E-state index contributed by atoms with van der Waals surface area (Å²) in [4.78, 5) is 0. The van der Waals surface area contributed by atoms with Gasteiger partial charge in [0.1, 0.15) is 5.82 Å². The first-order chi connectivity index (χ1) is 10.4. The van der Waals surface area contributed by atoms with Gasteiger partial charge in [0.2, 0.25) is 6.79 Å². The summed E-state index contributed by atoms with van der Waals surface area (Å²) in [6, 6.07) is 8.03. The highest BCUT2D eigenvalue weighted by Gasteiger charge is 2.19. The summed E-state index contributed by atoms with van der Waals surface area (Å²) in [5.41, 5.74) is 1.15. The number of hydrogen-bond acceptors (Lipinski definition) is 5. The molecule has 1 aromatic carbocycles. The Hall–Kier alpha value is -2.21. The van der Waals surface area contributed by atoms with Crippen LogP contribution in [0.4, 0.5) is 5.82 Å². The molecule has 4 rings (SSSR count). The maximum atomic E-state index is 5.52. The van der Waals surface area contributed by atoms with Gasteiger partial charge in [-0.05, 0) is 6.07 Å². The van der Waals surface area contributed by atoms with Crippen LogP contribution >= 0.6 is 0 Å². The van der Waals surface area contributed by atoms with Crippen LogP contribution in [0.25, 0.3) is 0 Å². The van der Waals surface area contributed by atoms with Gasteiger partial charge in [0.05, 0.1) is 6.20 Å². The molecule has 0 amide bonds. The Morgan fingerprint density at radius 2 is 2.33 bits per heavy atom. The van der Waals surface area contributed by atoms with E-state index < -0.39 is 0 Å². The number of rotatable bonds is 4. The fraction of sp³-hybridized carbons (Fsp3) is 0.400. The molecule has 2 aliphatic heterocycles. The summed E-state index contributed by atoms with van der Waals surface area (Å²) in [5, 5.41) is 11.2. The van der Waals surface area contributed by atoms with Crippen LogP contribution in [-0.2, 0) is 13.1 Å². The van der Waals surface area contributed by atoms with E-state index >= 15 is 0 Å². The minimum atomic E-state index is 0.320. The van der Waals surface area contributed by atoms with Gasteiger partial charge in [-0.3, -0.25) is 0 Å². The zero-order chi connectivity index (χ0) is 14.1. The molecular formula is C15H18N4O2. The molecule has 1 aromatic heterocycles. The van der Waals surface area contributed by atoms with Crippen molar-refractivity contribution in [3.05, 3.63) is 36.0 Å². The lowest BCUT2D eigenvalue weighted by molar-refractivity contribution is 0.173. The lowest BCUT2D eigenvalue weighted by atomic mass is 10.1. The molecule has 0 saturated heterocycles. The van der Waals surface area contributed by atoms with Crippen molar-refractivity contribution in [1.82, 2.24) is 15.1 Å². The molecule has 3 heterocycles. The van der Waals surface area contributed by atoms with Crippen molar-refractivity contribution in [1.29, 1.82) is 0 Å². The van der Waals surface area contributed by atoms with Crippen molar-refractivity contribution in [2.75, 3.05) is 25.2 Å². The van der Waals surface area contributed by atoms with Crippen LogP contribution in [0, 0.1) is 5.92 Å². The zero-order valence-electron chi connectivity index (χ0n) is 11.7. The monoisotopic (exact) mass is 286 g/mol. The second-order valence-electron chi connectivity index (χ2n) is 5.43. The van der Waals surface area contributed by atoms with E-state index in [1.807, 2.05) is 29.1 Å². The van der Waals surface area contributed by atoms with Gasteiger partial charge in [-0.1, -0.05) is 12.1 Å². The number of benzene rings is 1. The van der Waals surface area contributed by atoms with E-state index in [0.29, 0.717) is 12.7 Å². The number of hydrogen-bond donors (Lipinski definition) is 2. The molecule has 110 valence electrons. The van der Waals surface area contributed by atoms with Crippen molar-refractivity contribution in [3.63, 3.8) is 0 Å². The second kappa shape index (κ2) is 5.29. The summed E-state index contributed by atoms with van der Waals surface area (Å²) in [6.45, 7) is 3.98. The van der Waals surface area contributed by atoms with Crippen LogP contribution in [0.5, 0.6) is 11.5 Å². The molecule has 2 N–H and O–H groups in total. The Kier molecular flexibility index (Phi) is 3.16. The first kappa shape index (κ1) is 12.5. The maximum absolute atomic E-state index is 5.52. The second-order valence-corrected chi connectivity index (χ2v) is 5.43. The van der Waals surface area contributed by atoms with E-state index in [2.05, 4.69) is 21.8 Å². The molecule has 0 radical (unpaired) electrons. The van der Waals surface area contributed by atoms with Gasteiger partial charge in [-0.25, -0.2) is 4.68 Å². The summed E-state index contributed by atoms with van der Waals surface area (Å²) in [6.07, 6.45) is 1.84. The highest BCUT2D eigenvalue weighted by Crippen LogP contribution is 2.35. The average Bonchev–Trinajstić information content (AvgIpc) is 3.15. The minimum Gasteiger partial charge on any atom is -0.454 e. The van der Waals surface area contributed by atoms with Crippen LogP contribution in [0.1, 0.15) is 5.56 Å². The van der Waals surface area contributed by atoms with Gasteiger partial charge < -0.3 is 20.1 Å². The molecule has 2 aromatic rings. The quantitative estimate of drug-likeness (QED) is 0.890. The Balaban J connectivity index is 1.34. The Morgan fingerprint density at radius 1 is 1.33 bits per heavy atom. The molecule has 0 bridgehead atoms. The van der Waals surface area contributed by atoms with Gasteiger partial charge in [0, 0.05) is 43.7 Å². The van der Waals surface area contributed by atoms with E-state index in [0.717, 1.165) is 49.1 Å². The predicted octanol–water partition coefficient (Wildman–Crippen LogP) is 1.44. The number of nitrogens with zero attached hydrogens (tertiary/aromatic N) is 2. The summed E-state index contributed by atoms with van der Waals surface area (Å²) < 4.78 is 12.9. The standard InChI is InChI=1S/C15H18N4O2/c1-2-12(15-13(3-1)20-10-21-15)8-16-6-11-7-17-14-4-5-18-19(14)9-11/h1-5,11,16-17H,6-10H2. The van der Waals surface area contributed by atoms with Crippen LogP contribution in [0.15, 0.2) is 30.5 Å². The van der Waals surface area contributed by atoms with E-state index in [1.54, 1.807) is 0 Å². The maximum Gasteiger partial charge on any atom is 0.231 e. The number of anilines is 1. The Bertz CT molecular complexity index is 640. The van der Waals surface area contributed by atoms with Crippen molar-refractivity contribution in [2.45, 2.75) is 13.1 Å².